The van der Waals surface area contributed by atoms with Crippen LogP contribution in [-0.4, -0.2) is 30.6 Å². The molecule has 0 saturated carbocycles. The zero-order valence-electron chi connectivity index (χ0n) is 9.34. The largest absolute Gasteiger partial charge is 0.328 e. The predicted molar refractivity (Wildman–Crippen MR) is 59.8 cm³/mol. The Labute approximate surface area is 82.8 Å². The molecule has 78 valence electrons. The van der Waals surface area contributed by atoms with E-state index in [9.17, 15) is 0 Å². The first kappa shape index (κ1) is 12.7. The van der Waals surface area contributed by atoms with Gasteiger partial charge in [-0.15, -0.1) is 0 Å². The van der Waals surface area contributed by atoms with Crippen molar-refractivity contribution in [1.82, 2.24) is 4.90 Å². The van der Waals surface area contributed by atoms with Gasteiger partial charge >= 0.3 is 0 Å². The smallest absolute Gasteiger partial charge is 0.0187 e. The number of rotatable bonds is 7. The van der Waals surface area contributed by atoms with Crippen molar-refractivity contribution in [2.24, 2.45) is 5.73 Å². The molecule has 0 rings (SSSR count). The van der Waals surface area contributed by atoms with E-state index in [0.29, 0.717) is 6.04 Å². The van der Waals surface area contributed by atoms with E-state index in [-0.39, 0.29) is 0 Å². The van der Waals surface area contributed by atoms with Crippen LogP contribution in [0.1, 0.15) is 33.6 Å². The quantitative estimate of drug-likeness (QED) is 0.613. The van der Waals surface area contributed by atoms with Crippen LogP contribution in [0.25, 0.3) is 0 Å². The molecule has 2 nitrogen and oxygen atoms in total. The van der Waals surface area contributed by atoms with Gasteiger partial charge in [0.25, 0.3) is 0 Å². The average Bonchev–Trinajstić information content (AvgIpc) is 2.01. The minimum atomic E-state index is 0.337. The summed E-state index contributed by atoms with van der Waals surface area (Å²) in [7, 11) is 0. The van der Waals surface area contributed by atoms with E-state index in [1.165, 1.54) is 12.0 Å². The highest BCUT2D eigenvalue weighted by Gasteiger charge is 2.02. The molecule has 0 aliphatic carbocycles. The molecular weight excluding hydrogens is 160 g/mol. The summed E-state index contributed by atoms with van der Waals surface area (Å²) in [4.78, 5) is 2.41. The molecule has 0 saturated heterocycles. The van der Waals surface area contributed by atoms with Crippen molar-refractivity contribution < 1.29 is 0 Å². The van der Waals surface area contributed by atoms with Gasteiger partial charge in [-0.2, -0.15) is 0 Å². The van der Waals surface area contributed by atoms with Crippen LogP contribution in [0.15, 0.2) is 12.2 Å². The summed E-state index contributed by atoms with van der Waals surface area (Å²) in [6.45, 7) is 13.5. The van der Waals surface area contributed by atoms with Crippen LogP contribution in [0, 0.1) is 0 Å². The van der Waals surface area contributed by atoms with Gasteiger partial charge in [0.1, 0.15) is 0 Å². The van der Waals surface area contributed by atoms with Gasteiger partial charge in [-0.1, -0.05) is 19.1 Å². The molecule has 0 fully saturated rings. The van der Waals surface area contributed by atoms with Crippen LogP contribution in [0.2, 0.25) is 0 Å². The van der Waals surface area contributed by atoms with Crippen molar-refractivity contribution in [3.05, 3.63) is 12.2 Å². The van der Waals surface area contributed by atoms with E-state index in [4.69, 9.17) is 5.73 Å². The fourth-order valence-electron chi connectivity index (χ4n) is 1.37. The van der Waals surface area contributed by atoms with E-state index in [2.05, 4.69) is 32.3 Å². The highest BCUT2D eigenvalue weighted by molar-refractivity contribution is 4.91. The minimum absolute atomic E-state index is 0.337. The minimum Gasteiger partial charge on any atom is -0.328 e. The van der Waals surface area contributed by atoms with Crippen molar-refractivity contribution in [2.75, 3.05) is 19.6 Å². The second kappa shape index (κ2) is 7.10. The van der Waals surface area contributed by atoms with Crippen molar-refractivity contribution >= 4 is 0 Å². The number of nitrogens with zero attached hydrogens (tertiary/aromatic N) is 1. The highest BCUT2D eigenvalue weighted by atomic mass is 15.1. The van der Waals surface area contributed by atoms with Crippen LogP contribution < -0.4 is 5.73 Å². The standard InChI is InChI=1S/C11H24N2/c1-5-13(9-10(2)3)8-6-7-11(4)12/h11H,2,5-9,12H2,1,3-4H3. The Morgan fingerprint density at radius 2 is 2.15 bits per heavy atom. The maximum Gasteiger partial charge on any atom is 0.0187 e. The molecule has 0 aromatic rings. The molecule has 0 spiro atoms. The Balaban J connectivity index is 3.53. The van der Waals surface area contributed by atoms with Crippen molar-refractivity contribution in [3.8, 4) is 0 Å². The lowest BCUT2D eigenvalue weighted by atomic mass is 10.2. The monoisotopic (exact) mass is 184 g/mol. The summed E-state index contributed by atoms with van der Waals surface area (Å²) in [6.07, 6.45) is 2.31. The van der Waals surface area contributed by atoms with Crippen molar-refractivity contribution in [2.45, 2.75) is 39.7 Å². The van der Waals surface area contributed by atoms with Crippen LogP contribution in [-0.2, 0) is 0 Å². The predicted octanol–water partition coefficient (Wildman–Crippen LogP) is 2.01. The molecule has 0 aromatic heterocycles. The second-order valence-corrected chi connectivity index (χ2v) is 3.95. The Morgan fingerprint density at radius 3 is 2.54 bits per heavy atom. The van der Waals surface area contributed by atoms with Crippen LogP contribution in [0.3, 0.4) is 0 Å². The van der Waals surface area contributed by atoms with Gasteiger partial charge in [-0.25, -0.2) is 0 Å². The zero-order chi connectivity index (χ0) is 10.3. The average molecular weight is 184 g/mol. The molecule has 0 aromatic carbocycles. The lowest BCUT2D eigenvalue weighted by molar-refractivity contribution is 0.302. The molecule has 1 unspecified atom stereocenters. The van der Waals surface area contributed by atoms with Gasteiger partial charge in [-0.3, -0.25) is 4.90 Å². The molecule has 0 aliphatic heterocycles. The molecule has 0 amide bonds. The first-order valence-corrected chi connectivity index (χ1v) is 5.18. The van der Waals surface area contributed by atoms with Crippen molar-refractivity contribution in [3.63, 3.8) is 0 Å². The first-order valence-electron chi connectivity index (χ1n) is 5.18. The zero-order valence-corrected chi connectivity index (χ0v) is 9.34. The van der Waals surface area contributed by atoms with Gasteiger partial charge in [0.15, 0.2) is 0 Å². The van der Waals surface area contributed by atoms with E-state index in [0.717, 1.165) is 26.1 Å². The van der Waals surface area contributed by atoms with E-state index in [1.54, 1.807) is 0 Å². The van der Waals surface area contributed by atoms with Crippen molar-refractivity contribution in [1.29, 1.82) is 0 Å². The first-order chi connectivity index (χ1) is 6.06. The normalized spacial score (nSPS) is 13.3. The summed E-state index contributed by atoms with van der Waals surface area (Å²) in [5, 5.41) is 0. The van der Waals surface area contributed by atoms with Gasteiger partial charge < -0.3 is 5.73 Å². The second-order valence-electron chi connectivity index (χ2n) is 3.95. The van der Waals surface area contributed by atoms with Crippen LogP contribution in [0.4, 0.5) is 0 Å². The molecular formula is C11H24N2. The number of hydrogen-bond acceptors (Lipinski definition) is 2. The third-order valence-corrected chi connectivity index (χ3v) is 2.07. The van der Waals surface area contributed by atoms with Gasteiger partial charge in [0.05, 0.1) is 0 Å². The lowest BCUT2D eigenvalue weighted by Crippen LogP contribution is -2.27. The SMILES string of the molecule is C=C(C)CN(CC)CCCC(C)N. The third kappa shape index (κ3) is 8.00. The van der Waals surface area contributed by atoms with Gasteiger partial charge in [0, 0.05) is 12.6 Å². The summed E-state index contributed by atoms with van der Waals surface area (Å²) in [5.74, 6) is 0. The number of likely N-dealkylation sites (N-methyl/N-ethyl adjacent to an activating group) is 1. The number of hydrogen-bond donors (Lipinski definition) is 1. The molecule has 13 heavy (non-hydrogen) atoms. The summed E-state index contributed by atoms with van der Waals surface area (Å²) in [5.41, 5.74) is 6.92. The summed E-state index contributed by atoms with van der Waals surface area (Å²) in [6, 6.07) is 0.337. The van der Waals surface area contributed by atoms with E-state index in [1.807, 2.05) is 0 Å². The van der Waals surface area contributed by atoms with Crippen LogP contribution in [0.5, 0.6) is 0 Å². The lowest BCUT2D eigenvalue weighted by Gasteiger charge is -2.20. The molecule has 1 atom stereocenters. The molecule has 0 radical (unpaired) electrons. The topological polar surface area (TPSA) is 29.3 Å². The Bertz CT molecular complexity index is 141. The van der Waals surface area contributed by atoms with Crippen LogP contribution >= 0.6 is 0 Å². The van der Waals surface area contributed by atoms with Gasteiger partial charge in [0.2, 0.25) is 0 Å². The maximum atomic E-state index is 5.69. The van der Waals surface area contributed by atoms with E-state index < -0.39 is 0 Å². The molecule has 2 heteroatoms. The molecule has 0 heterocycles. The molecule has 0 bridgehead atoms. The molecule has 2 N–H and O–H groups in total. The Hall–Kier alpha value is -0.340. The van der Waals surface area contributed by atoms with E-state index >= 15 is 0 Å². The number of nitrogens with two attached hydrogens (primary N) is 1. The third-order valence-electron chi connectivity index (χ3n) is 2.07. The fourth-order valence-corrected chi connectivity index (χ4v) is 1.37. The summed E-state index contributed by atoms with van der Waals surface area (Å²) < 4.78 is 0. The Morgan fingerprint density at radius 1 is 1.54 bits per heavy atom. The highest BCUT2D eigenvalue weighted by Crippen LogP contribution is 2.00. The fraction of sp³-hybridized carbons (Fsp3) is 0.818. The summed E-state index contributed by atoms with van der Waals surface area (Å²) >= 11 is 0. The Kier molecular flexibility index (Phi) is 6.92. The van der Waals surface area contributed by atoms with Gasteiger partial charge in [-0.05, 0) is 39.8 Å². The maximum absolute atomic E-state index is 5.69. The molecule has 0 aliphatic rings.